The second-order valence-corrected chi connectivity index (χ2v) is 5.19. The van der Waals surface area contributed by atoms with Gasteiger partial charge in [-0.1, -0.05) is 0 Å². The molecule has 0 amide bonds. The van der Waals surface area contributed by atoms with E-state index in [1.807, 2.05) is 19.2 Å². The van der Waals surface area contributed by atoms with Crippen molar-refractivity contribution in [1.82, 2.24) is 4.90 Å². The lowest BCUT2D eigenvalue weighted by Gasteiger charge is -2.26. The van der Waals surface area contributed by atoms with Crippen LogP contribution in [0.15, 0.2) is 12.1 Å². The van der Waals surface area contributed by atoms with Crippen LogP contribution in [0.5, 0.6) is 11.5 Å². The van der Waals surface area contributed by atoms with Gasteiger partial charge in [-0.05, 0) is 31.6 Å². The Balaban J connectivity index is 2.49. The van der Waals surface area contributed by atoms with Gasteiger partial charge in [0, 0.05) is 23.6 Å². The number of likely N-dealkylation sites (N-methyl/N-ethyl adjacent to an activating group) is 1. The highest BCUT2D eigenvalue weighted by molar-refractivity contribution is 5.49. The van der Waals surface area contributed by atoms with E-state index in [-0.39, 0.29) is 25.2 Å². The van der Waals surface area contributed by atoms with E-state index in [4.69, 9.17) is 9.47 Å². The van der Waals surface area contributed by atoms with Gasteiger partial charge in [0.1, 0.15) is 11.5 Å². The first-order valence-corrected chi connectivity index (χ1v) is 6.83. The third kappa shape index (κ3) is 2.61. The predicted octanol–water partition coefficient (Wildman–Crippen LogP) is 0.976. The summed E-state index contributed by atoms with van der Waals surface area (Å²) in [4.78, 5) is 2.15. The van der Waals surface area contributed by atoms with Gasteiger partial charge in [-0.2, -0.15) is 0 Å². The van der Waals surface area contributed by atoms with Crippen molar-refractivity contribution in [3.63, 3.8) is 0 Å². The molecule has 0 aliphatic carbocycles. The fourth-order valence-corrected chi connectivity index (χ4v) is 3.11. The lowest BCUT2D eigenvalue weighted by atomic mass is 9.87. The minimum atomic E-state index is -0.0682. The molecule has 1 saturated heterocycles. The molecule has 0 radical (unpaired) electrons. The van der Waals surface area contributed by atoms with E-state index in [0.29, 0.717) is 11.5 Å². The Labute approximate surface area is 119 Å². The molecule has 5 nitrogen and oxygen atoms in total. The fraction of sp³-hybridized carbons (Fsp3) is 0.600. The molecule has 1 aromatic rings. The summed E-state index contributed by atoms with van der Waals surface area (Å²) in [5, 5.41) is 19.3. The average molecular weight is 281 g/mol. The molecule has 1 aliphatic rings. The monoisotopic (exact) mass is 281 g/mol. The lowest BCUT2D eigenvalue weighted by molar-refractivity contribution is 0.171. The number of benzene rings is 1. The molecule has 0 spiro atoms. The van der Waals surface area contributed by atoms with Gasteiger partial charge in [0.15, 0.2) is 0 Å². The summed E-state index contributed by atoms with van der Waals surface area (Å²) < 4.78 is 10.7. The second kappa shape index (κ2) is 6.43. The third-order valence-corrected chi connectivity index (χ3v) is 4.21. The Bertz CT molecular complexity index is 438. The van der Waals surface area contributed by atoms with Gasteiger partial charge in [0.2, 0.25) is 0 Å². The number of rotatable bonds is 5. The summed E-state index contributed by atoms with van der Waals surface area (Å²) in [5.41, 5.74) is 1.79. The average Bonchev–Trinajstić information content (AvgIpc) is 2.85. The van der Waals surface area contributed by atoms with E-state index in [9.17, 15) is 10.2 Å². The molecular formula is C15H23NO4. The summed E-state index contributed by atoms with van der Waals surface area (Å²) in [5.74, 6) is 1.54. The Morgan fingerprint density at radius 3 is 2.55 bits per heavy atom. The number of hydrogen-bond donors (Lipinski definition) is 2. The maximum absolute atomic E-state index is 9.66. The van der Waals surface area contributed by atoms with Crippen molar-refractivity contribution in [2.24, 2.45) is 0 Å². The zero-order valence-corrected chi connectivity index (χ0v) is 12.3. The summed E-state index contributed by atoms with van der Waals surface area (Å²) in [6.45, 7) is 0.957. The Morgan fingerprint density at radius 1 is 1.25 bits per heavy atom. The molecule has 0 unspecified atom stereocenters. The summed E-state index contributed by atoms with van der Waals surface area (Å²) in [7, 11) is 5.22. The first kappa shape index (κ1) is 15.1. The molecular weight excluding hydrogens is 258 g/mol. The van der Waals surface area contributed by atoms with Crippen molar-refractivity contribution in [3.8, 4) is 11.5 Å². The van der Waals surface area contributed by atoms with Gasteiger partial charge >= 0.3 is 0 Å². The number of nitrogens with zero attached hydrogens (tertiary/aromatic N) is 1. The normalized spacial score (nSPS) is 23.1. The van der Waals surface area contributed by atoms with Gasteiger partial charge in [0.25, 0.3) is 0 Å². The van der Waals surface area contributed by atoms with Crippen molar-refractivity contribution >= 4 is 0 Å². The number of ether oxygens (including phenoxy) is 2. The molecule has 0 aromatic heterocycles. The smallest absolute Gasteiger partial charge is 0.126 e. The number of aliphatic hydroxyl groups excluding tert-OH is 2. The van der Waals surface area contributed by atoms with Crippen LogP contribution in [0, 0.1) is 0 Å². The van der Waals surface area contributed by atoms with Crippen LogP contribution in [0.2, 0.25) is 0 Å². The van der Waals surface area contributed by atoms with Crippen LogP contribution in [0.25, 0.3) is 0 Å². The first-order valence-electron chi connectivity index (χ1n) is 6.83. The quantitative estimate of drug-likeness (QED) is 0.842. The van der Waals surface area contributed by atoms with E-state index < -0.39 is 0 Å². The molecule has 1 aromatic carbocycles. The van der Waals surface area contributed by atoms with Gasteiger partial charge in [-0.3, -0.25) is 0 Å². The zero-order chi connectivity index (χ0) is 14.7. The molecule has 20 heavy (non-hydrogen) atoms. The first-order chi connectivity index (χ1) is 9.65. The molecule has 2 atom stereocenters. The van der Waals surface area contributed by atoms with Crippen molar-refractivity contribution in [2.75, 3.05) is 34.4 Å². The topological polar surface area (TPSA) is 62.2 Å². The van der Waals surface area contributed by atoms with Crippen LogP contribution in [-0.4, -0.2) is 55.6 Å². The summed E-state index contributed by atoms with van der Waals surface area (Å²) in [6, 6.07) is 3.73. The van der Waals surface area contributed by atoms with Crippen LogP contribution in [0.4, 0.5) is 0 Å². The van der Waals surface area contributed by atoms with Crippen molar-refractivity contribution in [3.05, 3.63) is 23.3 Å². The van der Waals surface area contributed by atoms with Crippen molar-refractivity contribution in [1.29, 1.82) is 0 Å². The largest absolute Gasteiger partial charge is 0.497 e. The maximum atomic E-state index is 9.66. The minimum absolute atomic E-state index is 0.0580. The highest BCUT2D eigenvalue weighted by atomic mass is 16.5. The SMILES string of the molecule is COc1cc(CO)c([C@@H]2CCN(C)[C@H]2CO)c(OC)c1. The van der Waals surface area contributed by atoms with Crippen LogP contribution < -0.4 is 9.47 Å². The Kier molecular flexibility index (Phi) is 4.86. The molecule has 1 aliphatic heterocycles. The number of methoxy groups -OCH3 is 2. The zero-order valence-electron chi connectivity index (χ0n) is 12.3. The molecule has 0 saturated carbocycles. The van der Waals surface area contributed by atoms with Crippen molar-refractivity contribution < 1.29 is 19.7 Å². The molecule has 1 heterocycles. The van der Waals surface area contributed by atoms with E-state index >= 15 is 0 Å². The van der Waals surface area contributed by atoms with E-state index in [1.165, 1.54) is 0 Å². The number of aliphatic hydroxyl groups is 2. The molecule has 2 rings (SSSR count). The molecule has 112 valence electrons. The summed E-state index contributed by atoms with van der Waals surface area (Å²) >= 11 is 0. The standard InChI is InChI=1S/C15H23NO4/c1-16-5-4-12(13(16)9-18)15-10(8-17)6-11(19-2)7-14(15)20-3/h6-7,12-13,17-18H,4-5,8-9H2,1-3H3/t12-,13+/m1/s1. The summed E-state index contributed by atoms with van der Waals surface area (Å²) in [6.07, 6.45) is 0.942. The fourth-order valence-electron chi connectivity index (χ4n) is 3.11. The van der Waals surface area contributed by atoms with Crippen LogP contribution in [0.3, 0.4) is 0 Å². The number of hydrogen-bond acceptors (Lipinski definition) is 5. The van der Waals surface area contributed by atoms with E-state index in [2.05, 4.69) is 4.90 Å². The lowest BCUT2D eigenvalue weighted by Crippen LogP contribution is -2.32. The molecule has 1 fully saturated rings. The molecule has 0 bridgehead atoms. The molecule has 2 N–H and O–H groups in total. The van der Waals surface area contributed by atoms with Gasteiger partial charge in [0.05, 0.1) is 27.4 Å². The van der Waals surface area contributed by atoms with E-state index in [1.54, 1.807) is 14.2 Å². The highest BCUT2D eigenvalue weighted by Gasteiger charge is 2.35. The highest BCUT2D eigenvalue weighted by Crippen LogP contribution is 2.41. The Morgan fingerprint density at radius 2 is 2.00 bits per heavy atom. The predicted molar refractivity (Wildman–Crippen MR) is 76.3 cm³/mol. The van der Waals surface area contributed by atoms with Gasteiger partial charge in [-0.15, -0.1) is 0 Å². The van der Waals surface area contributed by atoms with Crippen molar-refractivity contribution in [2.45, 2.75) is 25.0 Å². The van der Waals surface area contributed by atoms with E-state index in [0.717, 1.165) is 24.1 Å². The molecule has 5 heteroatoms. The maximum Gasteiger partial charge on any atom is 0.126 e. The Hall–Kier alpha value is -1.30. The number of likely N-dealkylation sites (tertiary alicyclic amines) is 1. The van der Waals surface area contributed by atoms with Gasteiger partial charge in [-0.25, -0.2) is 0 Å². The van der Waals surface area contributed by atoms with Crippen LogP contribution in [0.1, 0.15) is 23.5 Å². The third-order valence-electron chi connectivity index (χ3n) is 4.21. The minimum Gasteiger partial charge on any atom is -0.497 e. The second-order valence-electron chi connectivity index (χ2n) is 5.19. The van der Waals surface area contributed by atoms with Crippen LogP contribution >= 0.6 is 0 Å². The van der Waals surface area contributed by atoms with Crippen LogP contribution in [-0.2, 0) is 6.61 Å². The van der Waals surface area contributed by atoms with Gasteiger partial charge < -0.3 is 24.6 Å².